The van der Waals surface area contributed by atoms with Crippen LogP contribution in [0.25, 0.3) is 11.0 Å². The van der Waals surface area contributed by atoms with Gasteiger partial charge in [-0.15, -0.1) is 0 Å². The number of carbonyl (C=O) groups is 1. The number of ether oxygens (including phenoxy) is 1. The van der Waals surface area contributed by atoms with Gasteiger partial charge in [0.1, 0.15) is 22.9 Å². The van der Waals surface area contributed by atoms with Gasteiger partial charge in [-0.05, 0) is 18.2 Å². The van der Waals surface area contributed by atoms with Crippen LogP contribution in [0.5, 0.6) is 0 Å². The number of methoxy groups -OCH3 is 1. The van der Waals surface area contributed by atoms with E-state index in [0.717, 1.165) is 12.1 Å². The fourth-order valence-electron chi connectivity index (χ4n) is 2.36. The Morgan fingerprint density at radius 2 is 1.83 bits per heavy atom. The summed E-state index contributed by atoms with van der Waals surface area (Å²) in [7, 11) is 1.49. The standard InChI is InChI=1S/C17H13F2NO3/c1-22-9-11-10-5-2-3-8-14(10)23-16(11)17(21)20-15-12(18)6-4-7-13(15)19/h2-8H,9H2,1H3,(H,20,21). The zero-order chi connectivity index (χ0) is 16.4. The van der Waals surface area contributed by atoms with Crippen molar-refractivity contribution in [1.29, 1.82) is 0 Å². The number of amides is 1. The predicted molar refractivity (Wildman–Crippen MR) is 81.2 cm³/mol. The zero-order valence-electron chi connectivity index (χ0n) is 12.2. The lowest BCUT2D eigenvalue weighted by Gasteiger charge is -2.07. The van der Waals surface area contributed by atoms with E-state index >= 15 is 0 Å². The molecule has 1 N–H and O–H groups in total. The molecule has 1 aromatic heterocycles. The van der Waals surface area contributed by atoms with E-state index in [0.29, 0.717) is 16.5 Å². The largest absolute Gasteiger partial charge is 0.451 e. The van der Waals surface area contributed by atoms with E-state index in [1.807, 2.05) is 0 Å². The fourth-order valence-corrected chi connectivity index (χ4v) is 2.36. The van der Waals surface area contributed by atoms with Crippen LogP contribution in [0, 0.1) is 11.6 Å². The van der Waals surface area contributed by atoms with Gasteiger partial charge in [0.2, 0.25) is 0 Å². The quantitative estimate of drug-likeness (QED) is 0.788. The van der Waals surface area contributed by atoms with Crippen molar-refractivity contribution in [2.24, 2.45) is 0 Å². The molecule has 0 unspecified atom stereocenters. The first-order chi connectivity index (χ1) is 11.1. The second kappa shape index (κ2) is 6.18. The molecule has 3 rings (SSSR count). The summed E-state index contributed by atoms with van der Waals surface area (Å²) in [6, 6.07) is 10.4. The van der Waals surface area contributed by atoms with Crippen molar-refractivity contribution in [3.05, 3.63) is 65.4 Å². The molecule has 3 aromatic rings. The minimum Gasteiger partial charge on any atom is -0.451 e. The van der Waals surface area contributed by atoms with E-state index < -0.39 is 23.2 Å². The van der Waals surface area contributed by atoms with Crippen molar-refractivity contribution >= 4 is 22.6 Å². The lowest BCUT2D eigenvalue weighted by Crippen LogP contribution is -2.15. The number of carbonyl (C=O) groups excluding carboxylic acids is 1. The maximum atomic E-state index is 13.7. The second-order valence-electron chi connectivity index (χ2n) is 4.89. The Morgan fingerprint density at radius 3 is 2.52 bits per heavy atom. The number of hydrogen-bond acceptors (Lipinski definition) is 3. The highest BCUT2D eigenvalue weighted by Crippen LogP contribution is 2.28. The fraction of sp³-hybridized carbons (Fsp3) is 0.118. The summed E-state index contributed by atoms with van der Waals surface area (Å²) in [5.74, 6) is -2.49. The molecule has 0 saturated carbocycles. The van der Waals surface area contributed by atoms with Crippen LogP contribution in [-0.4, -0.2) is 13.0 Å². The molecule has 4 nitrogen and oxygen atoms in total. The number of halogens is 2. The monoisotopic (exact) mass is 317 g/mol. The molecule has 0 atom stereocenters. The molecule has 6 heteroatoms. The molecule has 0 aliphatic carbocycles. The molecule has 0 bridgehead atoms. The van der Waals surface area contributed by atoms with Gasteiger partial charge in [0.05, 0.1) is 6.61 Å². The number of fused-ring (bicyclic) bond motifs is 1. The van der Waals surface area contributed by atoms with Crippen LogP contribution < -0.4 is 5.32 Å². The summed E-state index contributed by atoms with van der Waals surface area (Å²) in [5, 5.41) is 2.93. The average molecular weight is 317 g/mol. The lowest BCUT2D eigenvalue weighted by molar-refractivity contribution is 0.0991. The molecule has 118 valence electrons. The summed E-state index contributed by atoms with van der Waals surface area (Å²) in [6.45, 7) is 0.138. The van der Waals surface area contributed by atoms with Gasteiger partial charge >= 0.3 is 0 Å². The third kappa shape index (κ3) is 2.80. The Kier molecular flexibility index (Phi) is 4.08. The number of nitrogens with one attached hydrogen (secondary N) is 1. The van der Waals surface area contributed by atoms with Crippen LogP contribution in [0.15, 0.2) is 46.9 Å². The third-order valence-corrected chi connectivity index (χ3v) is 3.39. The van der Waals surface area contributed by atoms with Crippen molar-refractivity contribution in [2.45, 2.75) is 6.61 Å². The number of rotatable bonds is 4. The average Bonchev–Trinajstić information content (AvgIpc) is 2.90. The minimum absolute atomic E-state index is 0.0318. The third-order valence-electron chi connectivity index (χ3n) is 3.39. The van der Waals surface area contributed by atoms with Crippen molar-refractivity contribution in [2.75, 3.05) is 12.4 Å². The number of furan rings is 1. The van der Waals surface area contributed by atoms with Crippen LogP contribution in [0.1, 0.15) is 16.1 Å². The van der Waals surface area contributed by atoms with Crippen LogP contribution >= 0.6 is 0 Å². The molecule has 0 fully saturated rings. The summed E-state index contributed by atoms with van der Waals surface area (Å²) < 4.78 is 38.0. The predicted octanol–water partition coefficient (Wildman–Crippen LogP) is 4.11. The van der Waals surface area contributed by atoms with E-state index in [9.17, 15) is 13.6 Å². The molecule has 1 heterocycles. The molecule has 1 amide bonds. The van der Waals surface area contributed by atoms with Crippen molar-refractivity contribution in [3.8, 4) is 0 Å². The van der Waals surface area contributed by atoms with Gasteiger partial charge in [0.25, 0.3) is 5.91 Å². The van der Waals surface area contributed by atoms with Crippen molar-refractivity contribution in [3.63, 3.8) is 0 Å². The number of benzene rings is 2. The van der Waals surface area contributed by atoms with Crippen molar-refractivity contribution < 1.29 is 22.7 Å². The summed E-state index contributed by atoms with van der Waals surface area (Å²) in [5.41, 5.74) is 0.511. The Labute approximate surface area is 130 Å². The molecule has 2 aromatic carbocycles. The van der Waals surface area contributed by atoms with E-state index in [4.69, 9.17) is 9.15 Å². The van der Waals surface area contributed by atoms with E-state index in [1.165, 1.54) is 13.2 Å². The number of hydrogen-bond donors (Lipinski definition) is 1. The molecular weight excluding hydrogens is 304 g/mol. The van der Waals surface area contributed by atoms with Crippen molar-refractivity contribution in [1.82, 2.24) is 0 Å². The van der Waals surface area contributed by atoms with Gasteiger partial charge in [-0.2, -0.15) is 0 Å². The topological polar surface area (TPSA) is 51.5 Å². The van der Waals surface area contributed by atoms with Gasteiger partial charge in [-0.25, -0.2) is 8.78 Å². The van der Waals surface area contributed by atoms with E-state index in [-0.39, 0.29) is 12.4 Å². The highest BCUT2D eigenvalue weighted by atomic mass is 19.1. The minimum atomic E-state index is -0.859. The molecular formula is C17H13F2NO3. The Bertz CT molecular complexity index is 853. The smallest absolute Gasteiger partial charge is 0.291 e. The normalized spacial score (nSPS) is 10.9. The molecule has 0 saturated heterocycles. The van der Waals surface area contributed by atoms with Crippen LogP contribution in [0.4, 0.5) is 14.5 Å². The van der Waals surface area contributed by atoms with E-state index in [2.05, 4.69) is 5.32 Å². The maximum absolute atomic E-state index is 13.7. The van der Waals surface area contributed by atoms with Gasteiger partial charge in [0, 0.05) is 18.1 Å². The van der Waals surface area contributed by atoms with Gasteiger partial charge < -0.3 is 14.5 Å². The molecule has 0 radical (unpaired) electrons. The summed E-state index contributed by atoms with van der Waals surface area (Å²) in [6.07, 6.45) is 0. The first kappa shape index (κ1) is 15.2. The van der Waals surface area contributed by atoms with Gasteiger partial charge in [-0.3, -0.25) is 4.79 Å². The Hall–Kier alpha value is -2.73. The highest BCUT2D eigenvalue weighted by molar-refractivity contribution is 6.06. The number of para-hydroxylation sites is 2. The van der Waals surface area contributed by atoms with E-state index in [1.54, 1.807) is 24.3 Å². The van der Waals surface area contributed by atoms with Crippen LogP contribution in [-0.2, 0) is 11.3 Å². The number of anilines is 1. The lowest BCUT2D eigenvalue weighted by atomic mass is 10.1. The molecule has 0 aliphatic heterocycles. The molecule has 23 heavy (non-hydrogen) atoms. The Morgan fingerprint density at radius 1 is 1.13 bits per heavy atom. The van der Waals surface area contributed by atoms with Crippen LogP contribution in [0.3, 0.4) is 0 Å². The maximum Gasteiger partial charge on any atom is 0.291 e. The van der Waals surface area contributed by atoms with Crippen LogP contribution in [0.2, 0.25) is 0 Å². The first-order valence-electron chi connectivity index (χ1n) is 6.86. The summed E-state index contributed by atoms with van der Waals surface area (Å²) >= 11 is 0. The molecule has 0 aliphatic rings. The first-order valence-corrected chi connectivity index (χ1v) is 6.86. The Balaban J connectivity index is 2.02. The van der Waals surface area contributed by atoms with Gasteiger partial charge in [0.15, 0.2) is 5.76 Å². The second-order valence-corrected chi connectivity index (χ2v) is 4.89. The summed E-state index contributed by atoms with van der Waals surface area (Å²) in [4.78, 5) is 12.4. The zero-order valence-corrected chi connectivity index (χ0v) is 12.2. The van der Waals surface area contributed by atoms with Gasteiger partial charge in [-0.1, -0.05) is 24.3 Å². The SMILES string of the molecule is COCc1c(C(=O)Nc2c(F)cccc2F)oc2ccccc12. The molecule has 0 spiro atoms. The highest BCUT2D eigenvalue weighted by Gasteiger charge is 2.22.